The lowest BCUT2D eigenvalue weighted by Crippen LogP contribution is -2.49. The maximum atomic E-state index is 13.0. The fraction of sp³-hybridized carbons (Fsp3) is 0.500. The van der Waals surface area contributed by atoms with Crippen molar-refractivity contribution >= 4 is 5.91 Å². The topological polar surface area (TPSA) is 41.6 Å². The molecule has 1 atom stereocenters. The van der Waals surface area contributed by atoms with Crippen LogP contribution in [0.15, 0.2) is 18.2 Å². The Morgan fingerprint density at radius 2 is 1.90 bits per heavy atom. The van der Waals surface area contributed by atoms with E-state index >= 15 is 0 Å². The number of rotatable bonds is 4. The summed E-state index contributed by atoms with van der Waals surface area (Å²) in [5.74, 6) is -1.26. The molecule has 1 aromatic rings. The monoisotopic (exact) mass is 284 g/mol. The molecular formula is C14H18F2N2O2. The second kappa shape index (κ2) is 6.76. The smallest absolute Gasteiger partial charge is 0.239 e. The van der Waals surface area contributed by atoms with Gasteiger partial charge in [0.2, 0.25) is 5.91 Å². The van der Waals surface area contributed by atoms with Crippen LogP contribution < -0.4 is 5.32 Å². The Kier molecular flexibility index (Phi) is 5.03. The van der Waals surface area contributed by atoms with E-state index in [1.54, 1.807) is 11.8 Å². The van der Waals surface area contributed by atoms with Gasteiger partial charge in [-0.3, -0.25) is 4.79 Å². The van der Waals surface area contributed by atoms with Gasteiger partial charge < -0.3 is 15.0 Å². The van der Waals surface area contributed by atoms with Gasteiger partial charge in [0.05, 0.1) is 19.3 Å². The quantitative estimate of drug-likeness (QED) is 0.906. The molecule has 1 heterocycles. The predicted octanol–water partition coefficient (Wildman–Crippen LogP) is 1.30. The molecule has 0 bridgehead atoms. The molecule has 1 aliphatic rings. The average Bonchev–Trinajstić information content (AvgIpc) is 2.44. The molecule has 1 aliphatic heterocycles. The average molecular weight is 284 g/mol. The summed E-state index contributed by atoms with van der Waals surface area (Å²) in [6.45, 7) is 4.25. The maximum absolute atomic E-state index is 13.0. The highest BCUT2D eigenvalue weighted by molar-refractivity contribution is 5.81. The third-order valence-electron chi connectivity index (χ3n) is 3.23. The summed E-state index contributed by atoms with van der Waals surface area (Å²) in [6, 6.07) is 2.93. The molecule has 0 aromatic heterocycles. The number of hydrogen-bond acceptors (Lipinski definition) is 3. The molecule has 1 amide bonds. The van der Waals surface area contributed by atoms with Crippen molar-refractivity contribution in [2.45, 2.75) is 19.5 Å². The van der Waals surface area contributed by atoms with Crippen molar-refractivity contribution in [3.8, 4) is 0 Å². The summed E-state index contributed by atoms with van der Waals surface area (Å²) in [5.41, 5.74) is 0.476. The van der Waals surface area contributed by atoms with Gasteiger partial charge in [0.25, 0.3) is 0 Å². The molecule has 0 radical (unpaired) electrons. The lowest BCUT2D eigenvalue weighted by atomic mass is 10.2. The molecule has 1 saturated heterocycles. The Labute approximate surface area is 116 Å². The Hall–Kier alpha value is -1.53. The van der Waals surface area contributed by atoms with Crippen LogP contribution >= 0.6 is 0 Å². The van der Waals surface area contributed by atoms with Crippen molar-refractivity contribution in [2.24, 2.45) is 0 Å². The summed E-state index contributed by atoms with van der Waals surface area (Å²) in [4.78, 5) is 13.8. The van der Waals surface area contributed by atoms with Crippen LogP contribution in [-0.4, -0.2) is 43.2 Å². The van der Waals surface area contributed by atoms with E-state index in [2.05, 4.69) is 5.32 Å². The number of carbonyl (C=O) groups is 1. The number of hydrogen-bond donors (Lipinski definition) is 1. The van der Waals surface area contributed by atoms with Gasteiger partial charge in [0.15, 0.2) is 0 Å². The minimum absolute atomic E-state index is 0.0230. The van der Waals surface area contributed by atoms with Crippen LogP contribution in [0.2, 0.25) is 0 Å². The first-order chi connectivity index (χ1) is 9.56. The fourth-order valence-corrected chi connectivity index (χ4v) is 2.13. The minimum Gasteiger partial charge on any atom is -0.378 e. The molecule has 0 saturated carbocycles. The molecule has 6 heteroatoms. The number of morpholine rings is 1. The van der Waals surface area contributed by atoms with Crippen molar-refractivity contribution in [1.82, 2.24) is 10.2 Å². The van der Waals surface area contributed by atoms with Crippen molar-refractivity contribution in [1.29, 1.82) is 0 Å². The molecule has 1 aromatic carbocycles. The van der Waals surface area contributed by atoms with Gasteiger partial charge in [-0.15, -0.1) is 0 Å². The van der Waals surface area contributed by atoms with Gasteiger partial charge in [-0.05, 0) is 24.6 Å². The van der Waals surface area contributed by atoms with E-state index in [0.717, 1.165) is 6.07 Å². The lowest BCUT2D eigenvalue weighted by molar-refractivity contribution is -0.137. The Balaban J connectivity index is 1.87. The van der Waals surface area contributed by atoms with Gasteiger partial charge in [0.1, 0.15) is 11.6 Å². The number of ether oxygens (including phenoxy) is 1. The highest BCUT2D eigenvalue weighted by Gasteiger charge is 2.21. The predicted molar refractivity (Wildman–Crippen MR) is 70.1 cm³/mol. The molecule has 2 rings (SSSR count). The molecule has 20 heavy (non-hydrogen) atoms. The fourth-order valence-electron chi connectivity index (χ4n) is 2.13. The highest BCUT2D eigenvalue weighted by atomic mass is 19.1. The van der Waals surface area contributed by atoms with Gasteiger partial charge in [-0.2, -0.15) is 0 Å². The van der Waals surface area contributed by atoms with E-state index in [1.807, 2.05) is 0 Å². The zero-order chi connectivity index (χ0) is 14.5. The van der Waals surface area contributed by atoms with Crippen LogP contribution in [-0.2, 0) is 16.1 Å². The van der Waals surface area contributed by atoms with Gasteiger partial charge in [-0.1, -0.05) is 0 Å². The van der Waals surface area contributed by atoms with E-state index in [0.29, 0.717) is 31.9 Å². The van der Waals surface area contributed by atoms with Crippen LogP contribution in [0.25, 0.3) is 0 Å². The number of benzene rings is 1. The molecule has 0 aliphatic carbocycles. The molecular weight excluding hydrogens is 266 g/mol. The standard InChI is InChI=1S/C14H18F2N2O2/c1-10(14(19)18-2-4-20-5-3-18)17-9-11-6-12(15)8-13(16)7-11/h6-8,10,17H,2-5,9H2,1H3. The Morgan fingerprint density at radius 3 is 2.50 bits per heavy atom. The van der Waals surface area contributed by atoms with Gasteiger partial charge in [0, 0.05) is 25.7 Å². The summed E-state index contributed by atoms with van der Waals surface area (Å²) in [5, 5.41) is 2.99. The molecule has 1 fully saturated rings. The lowest BCUT2D eigenvalue weighted by Gasteiger charge is -2.29. The molecule has 1 unspecified atom stereocenters. The Bertz CT molecular complexity index is 456. The highest BCUT2D eigenvalue weighted by Crippen LogP contribution is 2.08. The second-order valence-corrected chi connectivity index (χ2v) is 4.82. The van der Waals surface area contributed by atoms with Crippen LogP contribution in [0, 0.1) is 11.6 Å². The summed E-state index contributed by atoms with van der Waals surface area (Å²) >= 11 is 0. The largest absolute Gasteiger partial charge is 0.378 e. The van der Waals surface area contributed by atoms with E-state index in [1.165, 1.54) is 12.1 Å². The van der Waals surface area contributed by atoms with Crippen molar-refractivity contribution in [3.63, 3.8) is 0 Å². The molecule has 1 N–H and O–H groups in total. The normalized spacial score (nSPS) is 17.1. The third kappa shape index (κ3) is 3.98. The summed E-state index contributed by atoms with van der Waals surface area (Å²) in [7, 11) is 0. The van der Waals surface area contributed by atoms with Crippen LogP contribution in [0.1, 0.15) is 12.5 Å². The van der Waals surface area contributed by atoms with E-state index in [4.69, 9.17) is 4.74 Å². The number of carbonyl (C=O) groups excluding carboxylic acids is 1. The summed E-state index contributed by atoms with van der Waals surface area (Å²) in [6.07, 6.45) is 0. The van der Waals surface area contributed by atoms with Crippen molar-refractivity contribution < 1.29 is 18.3 Å². The summed E-state index contributed by atoms with van der Waals surface area (Å²) < 4.78 is 31.3. The van der Waals surface area contributed by atoms with Crippen LogP contribution in [0.5, 0.6) is 0 Å². The Morgan fingerprint density at radius 1 is 1.30 bits per heavy atom. The van der Waals surface area contributed by atoms with E-state index in [9.17, 15) is 13.6 Å². The zero-order valence-corrected chi connectivity index (χ0v) is 11.4. The number of amides is 1. The first kappa shape index (κ1) is 14.9. The van der Waals surface area contributed by atoms with Crippen molar-refractivity contribution in [3.05, 3.63) is 35.4 Å². The molecule has 110 valence electrons. The third-order valence-corrected chi connectivity index (χ3v) is 3.23. The van der Waals surface area contributed by atoms with Crippen LogP contribution in [0.3, 0.4) is 0 Å². The number of nitrogens with one attached hydrogen (secondary N) is 1. The second-order valence-electron chi connectivity index (χ2n) is 4.82. The van der Waals surface area contributed by atoms with Crippen molar-refractivity contribution in [2.75, 3.05) is 26.3 Å². The SMILES string of the molecule is CC(NCc1cc(F)cc(F)c1)C(=O)N1CCOCC1. The van der Waals surface area contributed by atoms with E-state index < -0.39 is 17.7 Å². The van der Waals surface area contributed by atoms with Gasteiger partial charge >= 0.3 is 0 Å². The minimum atomic E-state index is -0.617. The molecule has 0 spiro atoms. The maximum Gasteiger partial charge on any atom is 0.239 e. The van der Waals surface area contributed by atoms with Crippen LogP contribution in [0.4, 0.5) is 8.78 Å². The first-order valence-corrected chi connectivity index (χ1v) is 6.61. The first-order valence-electron chi connectivity index (χ1n) is 6.61. The number of nitrogens with zero attached hydrogens (tertiary/aromatic N) is 1. The van der Waals surface area contributed by atoms with Gasteiger partial charge in [-0.25, -0.2) is 8.78 Å². The molecule has 4 nitrogen and oxygen atoms in total. The number of halogens is 2. The zero-order valence-electron chi connectivity index (χ0n) is 11.4. The van der Waals surface area contributed by atoms with E-state index in [-0.39, 0.29) is 12.5 Å².